The van der Waals surface area contributed by atoms with E-state index in [9.17, 15) is 5.26 Å². The zero-order chi connectivity index (χ0) is 19.4. The Hall–Kier alpha value is -2.95. The lowest BCUT2D eigenvalue weighted by Crippen LogP contribution is -2.27. The van der Waals surface area contributed by atoms with Gasteiger partial charge in [-0.1, -0.05) is 17.7 Å². The van der Waals surface area contributed by atoms with E-state index in [1.807, 2.05) is 54.9 Å². The van der Waals surface area contributed by atoms with Gasteiger partial charge in [-0.05, 0) is 42.4 Å². The zero-order valence-electron chi connectivity index (χ0n) is 15.4. The summed E-state index contributed by atoms with van der Waals surface area (Å²) in [7, 11) is 5.76. The number of anilines is 1. The summed E-state index contributed by atoms with van der Waals surface area (Å²) in [6.45, 7) is 1.63. The number of likely N-dealkylation sites (N-methyl/N-ethyl adjacent to an activating group) is 2. The van der Waals surface area contributed by atoms with Gasteiger partial charge in [0.25, 0.3) is 0 Å². The fourth-order valence-electron chi connectivity index (χ4n) is 2.81. The number of pyridine rings is 1. The van der Waals surface area contributed by atoms with Gasteiger partial charge in [-0.3, -0.25) is 0 Å². The van der Waals surface area contributed by atoms with Crippen LogP contribution in [0.4, 0.5) is 5.82 Å². The molecule has 0 bridgehead atoms. The topological polar surface area (TPSA) is 82.7 Å². The monoisotopic (exact) mass is 381 g/mol. The Morgan fingerprint density at radius 2 is 2.07 bits per heavy atom. The van der Waals surface area contributed by atoms with Gasteiger partial charge in [0.1, 0.15) is 17.3 Å². The molecule has 1 N–H and O–H groups in total. The van der Waals surface area contributed by atoms with Crippen LogP contribution in [-0.2, 0) is 7.05 Å². The van der Waals surface area contributed by atoms with Crippen molar-refractivity contribution in [2.75, 3.05) is 32.1 Å². The average molecular weight is 382 g/mol. The lowest BCUT2D eigenvalue weighted by molar-refractivity contribution is 0.761. The van der Waals surface area contributed by atoms with Crippen LogP contribution in [0.25, 0.3) is 22.5 Å². The zero-order valence-corrected chi connectivity index (χ0v) is 16.2. The fourth-order valence-corrected chi connectivity index (χ4v) is 3.01. The molecule has 0 saturated carbocycles. The van der Waals surface area contributed by atoms with E-state index >= 15 is 0 Å². The molecule has 138 valence electrons. The summed E-state index contributed by atoms with van der Waals surface area (Å²) in [5.74, 6) is 1.46. The maximum atomic E-state index is 9.30. The highest BCUT2D eigenvalue weighted by atomic mass is 35.5. The van der Waals surface area contributed by atoms with Crippen LogP contribution in [0.15, 0.2) is 36.7 Å². The first-order valence-corrected chi connectivity index (χ1v) is 8.83. The van der Waals surface area contributed by atoms with E-state index in [1.54, 1.807) is 12.4 Å². The molecular weight excluding hydrogens is 362 g/mol. The Bertz CT molecular complexity index is 990. The molecule has 0 spiro atoms. The van der Waals surface area contributed by atoms with Crippen molar-refractivity contribution in [2.45, 2.75) is 0 Å². The second-order valence-corrected chi connectivity index (χ2v) is 6.59. The Kier molecular flexibility index (Phi) is 5.69. The molecule has 7 nitrogen and oxygen atoms in total. The number of aryl methyl sites for hydroxylation is 1. The summed E-state index contributed by atoms with van der Waals surface area (Å²) in [5.41, 5.74) is 3.20. The van der Waals surface area contributed by atoms with Crippen molar-refractivity contribution in [3.63, 3.8) is 0 Å². The fraction of sp³-hybridized carbons (Fsp3) is 0.263. The third kappa shape index (κ3) is 4.08. The number of hydrogen-bond donors (Lipinski definition) is 1. The second-order valence-electron chi connectivity index (χ2n) is 6.20. The van der Waals surface area contributed by atoms with Crippen LogP contribution < -0.4 is 10.2 Å². The van der Waals surface area contributed by atoms with E-state index in [1.165, 1.54) is 0 Å². The largest absolute Gasteiger partial charge is 0.358 e. The molecule has 27 heavy (non-hydrogen) atoms. The molecule has 1 aromatic carbocycles. The molecule has 2 heterocycles. The van der Waals surface area contributed by atoms with Crippen molar-refractivity contribution in [1.82, 2.24) is 25.1 Å². The first kappa shape index (κ1) is 18.8. The highest BCUT2D eigenvalue weighted by Crippen LogP contribution is 2.34. The van der Waals surface area contributed by atoms with E-state index in [4.69, 9.17) is 11.6 Å². The van der Waals surface area contributed by atoms with Crippen LogP contribution in [0.3, 0.4) is 0 Å². The van der Waals surface area contributed by atoms with Crippen molar-refractivity contribution >= 4 is 17.4 Å². The minimum atomic E-state index is 0.409. The number of nitriles is 1. The third-order valence-electron chi connectivity index (χ3n) is 4.28. The van der Waals surface area contributed by atoms with E-state index in [0.717, 1.165) is 35.6 Å². The maximum absolute atomic E-state index is 9.30. The first-order chi connectivity index (χ1) is 13.0. The molecule has 0 aliphatic heterocycles. The molecule has 0 amide bonds. The summed E-state index contributed by atoms with van der Waals surface area (Å²) in [4.78, 5) is 6.47. The van der Waals surface area contributed by atoms with Crippen LogP contribution in [-0.4, -0.2) is 46.9 Å². The molecule has 0 aliphatic rings. The number of hydrogen-bond acceptors (Lipinski definition) is 6. The Morgan fingerprint density at radius 3 is 2.74 bits per heavy atom. The van der Waals surface area contributed by atoms with Gasteiger partial charge in [-0.2, -0.15) is 5.26 Å². The highest BCUT2D eigenvalue weighted by Gasteiger charge is 2.15. The number of benzene rings is 1. The van der Waals surface area contributed by atoms with Crippen molar-refractivity contribution in [3.8, 4) is 28.6 Å². The van der Waals surface area contributed by atoms with Crippen LogP contribution in [0.1, 0.15) is 5.56 Å². The number of halogens is 1. The Morgan fingerprint density at radius 1 is 1.26 bits per heavy atom. The van der Waals surface area contributed by atoms with Gasteiger partial charge in [-0.25, -0.2) is 4.98 Å². The summed E-state index contributed by atoms with van der Waals surface area (Å²) >= 11 is 6.31. The normalized spacial score (nSPS) is 10.6. The third-order valence-corrected chi connectivity index (χ3v) is 4.47. The van der Waals surface area contributed by atoms with Gasteiger partial charge < -0.3 is 14.8 Å². The molecule has 0 atom stereocenters. The van der Waals surface area contributed by atoms with Crippen molar-refractivity contribution in [1.29, 1.82) is 5.26 Å². The predicted octanol–water partition coefficient (Wildman–Crippen LogP) is 2.72. The maximum Gasteiger partial charge on any atom is 0.164 e. The van der Waals surface area contributed by atoms with Crippen LogP contribution >= 0.6 is 11.6 Å². The average Bonchev–Trinajstić information content (AvgIpc) is 3.10. The lowest BCUT2D eigenvalue weighted by atomic mass is 9.97. The summed E-state index contributed by atoms with van der Waals surface area (Å²) in [6, 6.07) is 11.5. The predicted molar refractivity (Wildman–Crippen MR) is 107 cm³/mol. The Labute approximate surface area is 163 Å². The summed E-state index contributed by atoms with van der Waals surface area (Å²) in [5, 5.41) is 21.0. The summed E-state index contributed by atoms with van der Waals surface area (Å²) < 4.78 is 1.82. The molecule has 2 aromatic heterocycles. The first-order valence-electron chi connectivity index (χ1n) is 8.45. The minimum Gasteiger partial charge on any atom is -0.358 e. The number of rotatable bonds is 6. The highest BCUT2D eigenvalue weighted by molar-refractivity contribution is 6.29. The quantitative estimate of drug-likeness (QED) is 0.661. The minimum absolute atomic E-state index is 0.409. The molecule has 0 unspecified atom stereocenters. The second kappa shape index (κ2) is 8.16. The molecule has 0 fully saturated rings. The molecule has 0 aliphatic carbocycles. The van der Waals surface area contributed by atoms with Crippen molar-refractivity contribution < 1.29 is 0 Å². The van der Waals surface area contributed by atoms with Gasteiger partial charge in [0.15, 0.2) is 5.82 Å². The lowest BCUT2D eigenvalue weighted by Gasteiger charge is -2.19. The van der Waals surface area contributed by atoms with Crippen LogP contribution in [0, 0.1) is 11.3 Å². The molecule has 0 saturated heterocycles. The number of nitrogens with zero attached hydrogens (tertiary/aromatic N) is 6. The SMILES string of the molecule is CNCCN(C)c1cc(-c2ccc(C#N)cc2-c2nncn2C)cc(Cl)n1. The molecule has 3 aromatic rings. The van der Waals surface area contributed by atoms with E-state index in [0.29, 0.717) is 16.5 Å². The Balaban J connectivity index is 2.13. The molecule has 8 heteroatoms. The van der Waals surface area contributed by atoms with Gasteiger partial charge in [0.2, 0.25) is 0 Å². The number of nitrogens with one attached hydrogen (secondary N) is 1. The smallest absolute Gasteiger partial charge is 0.164 e. The van der Waals surface area contributed by atoms with Gasteiger partial charge in [0.05, 0.1) is 11.6 Å². The van der Waals surface area contributed by atoms with Crippen LogP contribution in [0.2, 0.25) is 5.15 Å². The number of aromatic nitrogens is 4. The molecule has 3 rings (SSSR count). The van der Waals surface area contributed by atoms with Crippen molar-refractivity contribution in [3.05, 3.63) is 47.4 Å². The van der Waals surface area contributed by atoms with Gasteiger partial charge in [-0.15, -0.1) is 10.2 Å². The standard InChI is InChI=1S/C19H20ClN7/c1-22-6-7-26(2)18-10-14(9-17(20)24-18)15-5-4-13(11-21)8-16(15)19-25-23-12-27(19)3/h4-5,8-10,12,22H,6-7H2,1-3H3. The van der Waals surface area contributed by atoms with Gasteiger partial charge >= 0.3 is 0 Å². The van der Waals surface area contributed by atoms with Gasteiger partial charge in [0, 0.05) is 32.7 Å². The summed E-state index contributed by atoms with van der Waals surface area (Å²) in [6.07, 6.45) is 1.63. The molecule has 0 radical (unpaired) electrons. The van der Waals surface area contributed by atoms with E-state index in [-0.39, 0.29) is 0 Å². The molecular formula is C19H20ClN7. The van der Waals surface area contributed by atoms with E-state index in [2.05, 4.69) is 26.6 Å². The van der Waals surface area contributed by atoms with Crippen molar-refractivity contribution in [2.24, 2.45) is 7.05 Å². The van der Waals surface area contributed by atoms with E-state index < -0.39 is 0 Å². The van der Waals surface area contributed by atoms with Crippen LogP contribution in [0.5, 0.6) is 0 Å².